The van der Waals surface area contributed by atoms with Crippen molar-refractivity contribution in [1.82, 2.24) is 5.32 Å². The summed E-state index contributed by atoms with van der Waals surface area (Å²) in [5, 5.41) is 5.95. The Kier molecular flexibility index (Phi) is 7.28. The van der Waals surface area contributed by atoms with E-state index < -0.39 is 0 Å². The lowest BCUT2D eigenvalue weighted by Crippen LogP contribution is -2.43. The molecule has 0 bridgehead atoms. The summed E-state index contributed by atoms with van der Waals surface area (Å²) < 4.78 is 5.74. The number of ether oxygens (including phenoxy) is 1. The molecule has 1 saturated carbocycles. The molecular formula is C24H30N2O3. The number of nitrogens with one attached hydrogen (secondary N) is 2. The summed E-state index contributed by atoms with van der Waals surface area (Å²) in [6, 6.07) is 17.0. The lowest BCUT2D eigenvalue weighted by molar-refractivity contribution is -0.125. The van der Waals surface area contributed by atoms with Gasteiger partial charge in [-0.3, -0.25) is 9.59 Å². The maximum absolute atomic E-state index is 12.2. The minimum atomic E-state index is -0.165. The Labute approximate surface area is 172 Å². The van der Waals surface area contributed by atoms with Gasteiger partial charge in [0, 0.05) is 24.6 Å². The molecular weight excluding hydrogens is 364 g/mol. The highest BCUT2D eigenvalue weighted by atomic mass is 16.5. The molecule has 5 nitrogen and oxygen atoms in total. The predicted molar refractivity (Wildman–Crippen MR) is 115 cm³/mol. The molecule has 2 amide bonds. The molecule has 0 aliphatic heterocycles. The average molecular weight is 395 g/mol. The highest BCUT2D eigenvalue weighted by Gasteiger charge is 2.28. The van der Waals surface area contributed by atoms with Gasteiger partial charge < -0.3 is 15.4 Å². The van der Waals surface area contributed by atoms with E-state index in [4.69, 9.17) is 4.74 Å². The molecule has 29 heavy (non-hydrogen) atoms. The van der Waals surface area contributed by atoms with Crippen molar-refractivity contribution in [3.8, 4) is 11.5 Å². The van der Waals surface area contributed by atoms with Crippen LogP contribution in [-0.2, 0) is 9.59 Å². The Bertz CT molecular complexity index is 805. The van der Waals surface area contributed by atoms with Crippen molar-refractivity contribution >= 4 is 17.5 Å². The zero-order chi connectivity index (χ0) is 20.6. The van der Waals surface area contributed by atoms with Crippen LogP contribution in [0.2, 0.25) is 0 Å². The molecule has 3 atom stereocenters. The molecule has 154 valence electrons. The number of carbonyl (C=O) groups is 2. The van der Waals surface area contributed by atoms with Crippen LogP contribution in [0.4, 0.5) is 5.69 Å². The second-order valence-corrected chi connectivity index (χ2v) is 7.93. The van der Waals surface area contributed by atoms with Gasteiger partial charge in [0.25, 0.3) is 0 Å². The van der Waals surface area contributed by atoms with Crippen LogP contribution in [0.5, 0.6) is 11.5 Å². The van der Waals surface area contributed by atoms with Crippen LogP contribution in [0, 0.1) is 11.8 Å². The second kappa shape index (κ2) is 10.1. The van der Waals surface area contributed by atoms with E-state index >= 15 is 0 Å². The minimum absolute atomic E-state index is 0.0438. The van der Waals surface area contributed by atoms with Gasteiger partial charge in [0.2, 0.25) is 11.8 Å². The Morgan fingerprint density at radius 3 is 2.28 bits per heavy atom. The van der Waals surface area contributed by atoms with E-state index in [2.05, 4.69) is 24.5 Å². The Hall–Kier alpha value is -2.82. The molecule has 0 radical (unpaired) electrons. The van der Waals surface area contributed by atoms with E-state index in [9.17, 15) is 9.59 Å². The van der Waals surface area contributed by atoms with Gasteiger partial charge in [-0.2, -0.15) is 0 Å². The number of anilines is 1. The van der Waals surface area contributed by atoms with Gasteiger partial charge in [0.05, 0.1) is 0 Å². The lowest BCUT2D eigenvalue weighted by atomic mass is 9.78. The van der Waals surface area contributed by atoms with Crippen molar-refractivity contribution in [3.05, 3.63) is 54.6 Å². The van der Waals surface area contributed by atoms with E-state index in [0.717, 1.165) is 18.6 Å². The maximum Gasteiger partial charge on any atom is 0.224 e. The van der Waals surface area contributed by atoms with E-state index in [1.165, 1.54) is 6.42 Å². The summed E-state index contributed by atoms with van der Waals surface area (Å²) in [5.74, 6) is 2.37. The van der Waals surface area contributed by atoms with Crippen molar-refractivity contribution < 1.29 is 14.3 Å². The van der Waals surface area contributed by atoms with Crippen LogP contribution in [-0.4, -0.2) is 17.9 Å². The fourth-order valence-electron chi connectivity index (χ4n) is 3.75. The molecule has 2 N–H and O–H groups in total. The summed E-state index contributed by atoms with van der Waals surface area (Å²) in [6.45, 7) is 4.44. The first-order chi connectivity index (χ1) is 14.0. The second-order valence-electron chi connectivity index (χ2n) is 7.93. The first-order valence-electron chi connectivity index (χ1n) is 10.4. The monoisotopic (exact) mass is 394 g/mol. The summed E-state index contributed by atoms with van der Waals surface area (Å²) in [5.41, 5.74) is 0.686. The third-order valence-corrected chi connectivity index (χ3v) is 5.75. The summed E-state index contributed by atoms with van der Waals surface area (Å²) in [4.78, 5) is 24.4. The van der Waals surface area contributed by atoms with E-state index in [1.807, 2.05) is 30.3 Å². The molecule has 3 rings (SSSR count). The smallest absolute Gasteiger partial charge is 0.224 e. The van der Waals surface area contributed by atoms with Crippen molar-refractivity contribution in [1.29, 1.82) is 0 Å². The van der Waals surface area contributed by atoms with Gasteiger partial charge in [-0.25, -0.2) is 0 Å². The molecule has 2 aromatic carbocycles. The zero-order valence-corrected chi connectivity index (χ0v) is 17.2. The molecule has 0 aromatic heterocycles. The Morgan fingerprint density at radius 1 is 0.897 bits per heavy atom. The van der Waals surface area contributed by atoms with Crippen LogP contribution in [0.3, 0.4) is 0 Å². The zero-order valence-electron chi connectivity index (χ0n) is 17.2. The van der Waals surface area contributed by atoms with E-state index in [1.54, 1.807) is 24.3 Å². The van der Waals surface area contributed by atoms with Gasteiger partial charge in [0.1, 0.15) is 11.5 Å². The molecule has 1 aliphatic rings. The topological polar surface area (TPSA) is 67.4 Å². The fraction of sp³-hybridized carbons (Fsp3) is 0.417. The third kappa shape index (κ3) is 6.34. The van der Waals surface area contributed by atoms with Crippen LogP contribution in [0.15, 0.2) is 54.6 Å². The van der Waals surface area contributed by atoms with Gasteiger partial charge in [-0.15, -0.1) is 0 Å². The normalized spacial score (nSPS) is 21.2. The molecule has 1 aliphatic carbocycles. The number of benzene rings is 2. The summed E-state index contributed by atoms with van der Waals surface area (Å²) in [7, 11) is 0. The van der Waals surface area contributed by atoms with Gasteiger partial charge >= 0.3 is 0 Å². The number of para-hydroxylation sites is 1. The molecule has 0 heterocycles. The van der Waals surface area contributed by atoms with Crippen molar-refractivity contribution in [2.75, 3.05) is 5.32 Å². The van der Waals surface area contributed by atoms with Crippen LogP contribution in [0.1, 0.15) is 46.0 Å². The molecule has 0 unspecified atom stereocenters. The van der Waals surface area contributed by atoms with Gasteiger partial charge in [-0.05, 0) is 54.7 Å². The van der Waals surface area contributed by atoms with Crippen molar-refractivity contribution in [3.63, 3.8) is 0 Å². The van der Waals surface area contributed by atoms with Crippen molar-refractivity contribution in [2.24, 2.45) is 11.8 Å². The Morgan fingerprint density at radius 2 is 1.55 bits per heavy atom. The average Bonchev–Trinajstić information content (AvgIpc) is 2.72. The number of hydrogen-bond donors (Lipinski definition) is 2. The minimum Gasteiger partial charge on any atom is -0.457 e. The van der Waals surface area contributed by atoms with Crippen LogP contribution >= 0.6 is 0 Å². The summed E-state index contributed by atoms with van der Waals surface area (Å²) in [6.07, 6.45) is 3.79. The Balaban J connectivity index is 1.41. The summed E-state index contributed by atoms with van der Waals surface area (Å²) >= 11 is 0. The molecule has 5 heteroatoms. The first-order valence-corrected chi connectivity index (χ1v) is 10.4. The van der Waals surface area contributed by atoms with E-state index in [-0.39, 0.29) is 30.7 Å². The highest BCUT2D eigenvalue weighted by molar-refractivity contribution is 5.93. The predicted octanol–water partition coefficient (Wildman–Crippen LogP) is 5.14. The number of hydrogen-bond acceptors (Lipinski definition) is 3. The SMILES string of the molecule is C[C@H]1[C@H](C)CCC[C@H]1NC(=O)CCC(=O)Nc1ccc(Oc2ccccc2)cc1. The maximum atomic E-state index is 12.2. The molecule has 0 spiro atoms. The first kappa shape index (κ1) is 20.9. The van der Waals surface area contributed by atoms with E-state index in [0.29, 0.717) is 23.3 Å². The van der Waals surface area contributed by atoms with Crippen LogP contribution in [0.25, 0.3) is 0 Å². The van der Waals surface area contributed by atoms with Crippen molar-refractivity contribution in [2.45, 2.75) is 52.0 Å². The number of amides is 2. The lowest BCUT2D eigenvalue weighted by Gasteiger charge is -2.34. The van der Waals surface area contributed by atoms with Crippen LogP contribution < -0.4 is 15.4 Å². The fourth-order valence-corrected chi connectivity index (χ4v) is 3.75. The third-order valence-electron chi connectivity index (χ3n) is 5.75. The molecule has 0 saturated heterocycles. The van der Waals surface area contributed by atoms with Gasteiger partial charge in [0.15, 0.2) is 0 Å². The standard InChI is InChI=1S/C24H30N2O3/c1-17-7-6-10-22(18(17)2)26-24(28)16-15-23(27)25-19-11-13-21(14-12-19)29-20-8-4-3-5-9-20/h3-5,8-9,11-14,17-18,22H,6-7,10,15-16H2,1-2H3,(H,25,27)(H,26,28)/t17-,18+,22-/m1/s1. The largest absolute Gasteiger partial charge is 0.457 e. The quantitative estimate of drug-likeness (QED) is 0.683. The van der Waals surface area contributed by atoms with Gasteiger partial charge in [-0.1, -0.05) is 44.9 Å². The highest BCUT2D eigenvalue weighted by Crippen LogP contribution is 2.29. The molecule has 2 aromatic rings. The molecule has 1 fully saturated rings. The number of carbonyl (C=O) groups excluding carboxylic acids is 2. The number of rotatable bonds is 7.